The summed E-state index contributed by atoms with van der Waals surface area (Å²) in [4.78, 5) is 12.2. The fourth-order valence-electron chi connectivity index (χ4n) is 2.63. The minimum atomic E-state index is -3.89. The molecular weight excluding hydrogens is 397 g/mol. The lowest BCUT2D eigenvalue weighted by Gasteiger charge is -2.21. The fourth-order valence-corrected chi connectivity index (χ4v) is 3.83. The molecular formula is C21H18FNO5S. The van der Waals surface area contributed by atoms with Gasteiger partial charge in [0, 0.05) is 7.05 Å². The smallest absolute Gasteiger partial charge is 0.343 e. The number of para-hydroxylation sites is 3. The van der Waals surface area contributed by atoms with E-state index in [1.54, 1.807) is 24.3 Å². The van der Waals surface area contributed by atoms with Crippen LogP contribution >= 0.6 is 0 Å². The van der Waals surface area contributed by atoms with Gasteiger partial charge in [-0.25, -0.2) is 17.6 Å². The Hall–Kier alpha value is -3.39. The predicted molar refractivity (Wildman–Crippen MR) is 106 cm³/mol. The number of halogens is 1. The number of anilines is 1. The molecule has 8 heteroatoms. The highest BCUT2D eigenvalue weighted by molar-refractivity contribution is 7.92. The summed E-state index contributed by atoms with van der Waals surface area (Å²) in [5.41, 5.74) is 0.463. The first kappa shape index (κ1) is 20.3. The Bertz CT molecular complexity index is 1130. The van der Waals surface area contributed by atoms with Gasteiger partial charge >= 0.3 is 5.97 Å². The normalized spacial score (nSPS) is 11.0. The first-order valence-corrected chi connectivity index (χ1v) is 9.97. The van der Waals surface area contributed by atoms with Crippen LogP contribution in [0, 0.1) is 5.82 Å². The van der Waals surface area contributed by atoms with E-state index in [4.69, 9.17) is 9.47 Å². The van der Waals surface area contributed by atoms with Crippen molar-refractivity contribution in [3.63, 3.8) is 0 Å². The van der Waals surface area contributed by atoms with Gasteiger partial charge in [0.1, 0.15) is 5.75 Å². The van der Waals surface area contributed by atoms with Gasteiger partial charge in [-0.15, -0.1) is 0 Å². The van der Waals surface area contributed by atoms with Gasteiger partial charge in [0.25, 0.3) is 10.0 Å². The number of hydrogen-bond acceptors (Lipinski definition) is 5. The average molecular weight is 415 g/mol. The molecule has 0 saturated heterocycles. The van der Waals surface area contributed by atoms with E-state index in [-0.39, 0.29) is 16.2 Å². The molecule has 0 bridgehead atoms. The van der Waals surface area contributed by atoms with E-state index < -0.39 is 21.8 Å². The summed E-state index contributed by atoms with van der Waals surface area (Å²) in [6.07, 6.45) is 0. The van der Waals surface area contributed by atoms with Gasteiger partial charge in [0.05, 0.1) is 23.3 Å². The molecule has 0 spiro atoms. The highest BCUT2D eigenvalue weighted by atomic mass is 32.2. The second-order valence-corrected chi connectivity index (χ2v) is 7.96. The number of carbonyl (C=O) groups excluding carboxylic acids is 1. The quantitative estimate of drug-likeness (QED) is 0.451. The SMILES string of the molecule is COc1ccccc1N(C)S(=O)(=O)c1ccc(C(=O)Oc2ccccc2F)cc1. The molecule has 0 saturated carbocycles. The van der Waals surface area contributed by atoms with Crippen LogP contribution in [-0.2, 0) is 10.0 Å². The van der Waals surface area contributed by atoms with Gasteiger partial charge in [-0.1, -0.05) is 24.3 Å². The largest absolute Gasteiger partial charge is 0.495 e. The molecule has 0 unspecified atom stereocenters. The summed E-state index contributed by atoms with van der Waals surface area (Å²) in [6.45, 7) is 0. The van der Waals surface area contributed by atoms with Gasteiger partial charge in [0.2, 0.25) is 0 Å². The van der Waals surface area contributed by atoms with Crippen LogP contribution in [0.4, 0.5) is 10.1 Å². The van der Waals surface area contributed by atoms with Crippen LogP contribution in [0.5, 0.6) is 11.5 Å². The van der Waals surface area contributed by atoms with Crippen LogP contribution in [0.2, 0.25) is 0 Å². The Morgan fingerprint density at radius 3 is 2.10 bits per heavy atom. The molecule has 0 aliphatic rings. The molecule has 0 atom stereocenters. The average Bonchev–Trinajstić information content (AvgIpc) is 2.74. The molecule has 3 aromatic rings. The van der Waals surface area contributed by atoms with E-state index in [2.05, 4.69) is 0 Å². The summed E-state index contributed by atoms with van der Waals surface area (Å²) in [6, 6.07) is 17.4. The van der Waals surface area contributed by atoms with E-state index in [0.717, 1.165) is 4.31 Å². The van der Waals surface area contributed by atoms with E-state index in [9.17, 15) is 17.6 Å². The second kappa shape index (κ2) is 8.32. The van der Waals surface area contributed by atoms with Crippen molar-refractivity contribution in [2.45, 2.75) is 4.90 Å². The fraction of sp³-hybridized carbons (Fsp3) is 0.0952. The summed E-state index contributed by atoms with van der Waals surface area (Å²) < 4.78 is 50.8. The Morgan fingerprint density at radius 1 is 0.897 bits per heavy atom. The maximum Gasteiger partial charge on any atom is 0.343 e. The van der Waals surface area contributed by atoms with Crippen LogP contribution < -0.4 is 13.8 Å². The molecule has 0 N–H and O–H groups in total. The van der Waals surface area contributed by atoms with Gasteiger partial charge in [-0.3, -0.25) is 4.31 Å². The first-order chi connectivity index (χ1) is 13.8. The first-order valence-electron chi connectivity index (χ1n) is 8.53. The molecule has 0 aliphatic carbocycles. The molecule has 0 radical (unpaired) electrons. The molecule has 29 heavy (non-hydrogen) atoms. The number of hydrogen-bond donors (Lipinski definition) is 0. The van der Waals surface area contributed by atoms with Crippen molar-refractivity contribution in [1.82, 2.24) is 0 Å². The monoisotopic (exact) mass is 415 g/mol. The van der Waals surface area contributed by atoms with E-state index in [0.29, 0.717) is 11.4 Å². The molecule has 0 fully saturated rings. The highest BCUT2D eigenvalue weighted by Crippen LogP contribution is 2.31. The lowest BCUT2D eigenvalue weighted by molar-refractivity contribution is 0.0727. The van der Waals surface area contributed by atoms with Gasteiger partial charge in [0.15, 0.2) is 11.6 Å². The number of ether oxygens (including phenoxy) is 2. The lowest BCUT2D eigenvalue weighted by atomic mass is 10.2. The van der Waals surface area contributed by atoms with Crippen molar-refractivity contribution in [2.24, 2.45) is 0 Å². The third-order valence-electron chi connectivity index (χ3n) is 4.21. The van der Waals surface area contributed by atoms with E-state index in [1.807, 2.05) is 0 Å². The molecule has 3 aromatic carbocycles. The van der Waals surface area contributed by atoms with Crippen molar-refractivity contribution in [3.05, 3.63) is 84.2 Å². The van der Waals surface area contributed by atoms with Crippen molar-refractivity contribution < 1.29 is 27.1 Å². The van der Waals surface area contributed by atoms with Crippen molar-refractivity contribution in [1.29, 1.82) is 0 Å². The molecule has 150 valence electrons. The maximum absolute atomic E-state index is 13.6. The van der Waals surface area contributed by atoms with E-state index >= 15 is 0 Å². The third kappa shape index (κ3) is 4.22. The number of sulfonamides is 1. The third-order valence-corrected chi connectivity index (χ3v) is 6.00. The Morgan fingerprint density at radius 2 is 1.48 bits per heavy atom. The van der Waals surface area contributed by atoms with Crippen LogP contribution in [0.15, 0.2) is 77.7 Å². The summed E-state index contributed by atoms with van der Waals surface area (Å²) >= 11 is 0. The summed E-state index contributed by atoms with van der Waals surface area (Å²) in [7, 11) is -1.03. The molecule has 0 aliphatic heterocycles. The molecule has 0 amide bonds. The van der Waals surface area contributed by atoms with Gasteiger partial charge in [-0.05, 0) is 48.5 Å². The molecule has 0 heterocycles. The summed E-state index contributed by atoms with van der Waals surface area (Å²) in [5.74, 6) is -1.26. The zero-order valence-electron chi connectivity index (χ0n) is 15.7. The summed E-state index contributed by atoms with van der Waals surface area (Å²) in [5, 5.41) is 0. The maximum atomic E-state index is 13.6. The lowest BCUT2D eigenvalue weighted by Crippen LogP contribution is -2.27. The number of methoxy groups -OCH3 is 1. The van der Waals surface area contributed by atoms with E-state index in [1.165, 1.54) is 62.7 Å². The van der Waals surface area contributed by atoms with Crippen molar-refractivity contribution in [2.75, 3.05) is 18.5 Å². The zero-order chi connectivity index (χ0) is 21.0. The zero-order valence-corrected chi connectivity index (χ0v) is 16.5. The standard InChI is InChI=1S/C21H18FNO5S/c1-23(18-8-4-6-10-20(18)27-2)29(25,26)16-13-11-15(12-14-16)21(24)28-19-9-5-3-7-17(19)22/h3-14H,1-2H3. The Labute approximate surface area is 168 Å². The minimum Gasteiger partial charge on any atom is -0.495 e. The van der Waals surface area contributed by atoms with Gasteiger partial charge < -0.3 is 9.47 Å². The Balaban J connectivity index is 1.83. The molecule has 3 rings (SSSR count). The predicted octanol–water partition coefficient (Wildman–Crippen LogP) is 3.88. The molecule has 6 nitrogen and oxygen atoms in total. The Kier molecular flexibility index (Phi) is 5.84. The van der Waals surface area contributed by atoms with Crippen LogP contribution in [-0.4, -0.2) is 28.5 Å². The van der Waals surface area contributed by atoms with Crippen LogP contribution in [0.3, 0.4) is 0 Å². The van der Waals surface area contributed by atoms with Gasteiger partial charge in [-0.2, -0.15) is 0 Å². The van der Waals surface area contributed by atoms with Crippen LogP contribution in [0.1, 0.15) is 10.4 Å². The number of benzene rings is 3. The number of esters is 1. The number of carbonyl (C=O) groups is 1. The topological polar surface area (TPSA) is 72.9 Å². The number of nitrogens with zero attached hydrogens (tertiary/aromatic N) is 1. The van der Waals surface area contributed by atoms with Crippen LogP contribution in [0.25, 0.3) is 0 Å². The minimum absolute atomic E-state index is 0.0200. The van der Waals surface area contributed by atoms with Crippen molar-refractivity contribution in [3.8, 4) is 11.5 Å². The highest BCUT2D eigenvalue weighted by Gasteiger charge is 2.24. The number of rotatable bonds is 6. The molecule has 0 aromatic heterocycles. The second-order valence-electron chi connectivity index (χ2n) is 5.99. The van der Waals surface area contributed by atoms with Crippen molar-refractivity contribution >= 4 is 21.7 Å².